The summed E-state index contributed by atoms with van der Waals surface area (Å²) in [6.07, 6.45) is 0.766. The van der Waals surface area contributed by atoms with Crippen LogP contribution < -0.4 is 0 Å². The number of hydrogen-bond donors (Lipinski definition) is 0. The van der Waals surface area contributed by atoms with Crippen molar-refractivity contribution in [2.75, 3.05) is 30.4 Å². The predicted molar refractivity (Wildman–Crippen MR) is 82.7 cm³/mol. The molecule has 0 saturated carbocycles. The maximum absolute atomic E-state index is 11.5. The van der Waals surface area contributed by atoms with Crippen LogP contribution in [0.4, 0.5) is 0 Å². The first-order valence-corrected chi connectivity index (χ1v) is 9.47. The summed E-state index contributed by atoms with van der Waals surface area (Å²) in [5.74, 6) is 1.05. The molecule has 0 bridgehead atoms. The molecule has 0 radical (unpaired) electrons. The third-order valence-electron chi connectivity index (χ3n) is 3.80. The van der Waals surface area contributed by atoms with E-state index >= 15 is 0 Å². The summed E-state index contributed by atoms with van der Waals surface area (Å²) >= 11 is 3.57. The van der Waals surface area contributed by atoms with Crippen molar-refractivity contribution in [1.82, 2.24) is 4.90 Å². The highest BCUT2D eigenvalue weighted by molar-refractivity contribution is 9.09. The van der Waals surface area contributed by atoms with Gasteiger partial charge in [-0.1, -0.05) is 46.3 Å². The van der Waals surface area contributed by atoms with Gasteiger partial charge in [-0.05, 0) is 19.0 Å². The minimum absolute atomic E-state index is 0.176. The van der Waals surface area contributed by atoms with Crippen molar-refractivity contribution >= 4 is 25.8 Å². The lowest BCUT2D eigenvalue weighted by Gasteiger charge is -2.27. The van der Waals surface area contributed by atoms with E-state index in [1.54, 1.807) is 0 Å². The molecule has 19 heavy (non-hydrogen) atoms. The van der Waals surface area contributed by atoms with Crippen LogP contribution in [0.5, 0.6) is 0 Å². The van der Waals surface area contributed by atoms with Crippen molar-refractivity contribution in [3.63, 3.8) is 0 Å². The summed E-state index contributed by atoms with van der Waals surface area (Å²) in [5.41, 5.74) is 1.30. The number of alkyl halides is 1. The topological polar surface area (TPSA) is 37.4 Å². The second-order valence-electron chi connectivity index (χ2n) is 5.26. The highest BCUT2D eigenvalue weighted by Crippen LogP contribution is 2.23. The molecule has 2 rings (SSSR count). The fourth-order valence-electron chi connectivity index (χ4n) is 2.59. The van der Waals surface area contributed by atoms with E-state index < -0.39 is 9.84 Å². The van der Waals surface area contributed by atoms with Gasteiger partial charge in [0.05, 0.1) is 11.5 Å². The highest BCUT2D eigenvalue weighted by Gasteiger charge is 2.31. The maximum atomic E-state index is 11.5. The van der Waals surface area contributed by atoms with E-state index in [-0.39, 0.29) is 6.04 Å². The Bertz CT molecular complexity index is 503. The fraction of sp³-hybridized carbons (Fsp3) is 0.571. The van der Waals surface area contributed by atoms with E-state index in [1.807, 2.05) is 25.2 Å². The van der Waals surface area contributed by atoms with Gasteiger partial charge in [-0.2, -0.15) is 0 Å². The number of hydrogen-bond acceptors (Lipinski definition) is 3. The lowest BCUT2D eigenvalue weighted by Crippen LogP contribution is -2.36. The smallest absolute Gasteiger partial charge is 0.151 e. The standard InChI is InChI=1S/C14H20BrNO2S/c1-16(14-7-8-19(17,18)11-14)10-13(9-15)12-5-3-2-4-6-12/h2-6,13-14H,7-11H2,1H3. The summed E-state index contributed by atoms with van der Waals surface area (Å²) in [5, 5.41) is 0.890. The summed E-state index contributed by atoms with van der Waals surface area (Å²) in [4.78, 5) is 2.20. The molecule has 1 aromatic rings. The van der Waals surface area contributed by atoms with Crippen LogP contribution in [0.2, 0.25) is 0 Å². The molecular weight excluding hydrogens is 326 g/mol. The SMILES string of the molecule is CN(CC(CBr)c1ccccc1)C1CCS(=O)(=O)C1. The predicted octanol–water partition coefficient (Wildman–Crippen LogP) is 2.28. The second-order valence-corrected chi connectivity index (χ2v) is 8.13. The molecule has 106 valence electrons. The van der Waals surface area contributed by atoms with Crippen molar-refractivity contribution in [1.29, 1.82) is 0 Å². The van der Waals surface area contributed by atoms with Gasteiger partial charge in [-0.25, -0.2) is 8.42 Å². The van der Waals surface area contributed by atoms with Crippen molar-refractivity contribution in [3.8, 4) is 0 Å². The fourth-order valence-corrected chi connectivity index (χ4v) is 4.97. The highest BCUT2D eigenvalue weighted by atomic mass is 79.9. The van der Waals surface area contributed by atoms with Gasteiger partial charge >= 0.3 is 0 Å². The van der Waals surface area contributed by atoms with E-state index in [9.17, 15) is 8.42 Å². The average molecular weight is 346 g/mol. The first-order chi connectivity index (χ1) is 9.02. The molecule has 0 N–H and O–H groups in total. The molecule has 1 saturated heterocycles. The molecule has 1 heterocycles. The Morgan fingerprint density at radius 2 is 2.05 bits per heavy atom. The van der Waals surface area contributed by atoms with Crippen LogP contribution in [-0.2, 0) is 9.84 Å². The summed E-state index contributed by atoms with van der Waals surface area (Å²) in [7, 11) is -0.769. The van der Waals surface area contributed by atoms with Crippen LogP contribution in [0.1, 0.15) is 17.9 Å². The molecule has 3 nitrogen and oxygen atoms in total. The third-order valence-corrected chi connectivity index (χ3v) is 6.33. The van der Waals surface area contributed by atoms with E-state index in [0.717, 1.165) is 18.3 Å². The third kappa shape index (κ3) is 4.04. The lowest BCUT2D eigenvalue weighted by atomic mass is 10.00. The van der Waals surface area contributed by atoms with Crippen LogP contribution in [0.25, 0.3) is 0 Å². The molecule has 0 spiro atoms. The van der Waals surface area contributed by atoms with Crippen molar-refractivity contribution in [2.24, 2.45) is 0 Å². The normalized spacial score (nSPS) is 23.6. The van der Waals surface area contributed by atoms with Crippen molar-refractivity contribution < 1.29 is 8.42 Å². The first-order valence-electron chi connectivity index (χ1n) is 6.53. The summed E-state index contributed by atoms with van der Waals surface area (Å²) in [6, 6.07) is 10.5. The van der Waals surface area contributed by atoms with E-state index in [2.05, 4.69) is 33.0 Å². The van der Waals surface area contributed by atoms with Gasteiger partial charge in [0.15, 0.2) is 9.84 Å². The van der Waals surface area contributed by atoms with Crippen molar-refractivity contribution in [2.45, 2.75) is 18.4 Å². The molecule has 1 aromatic carbocycles. The monoisotopic (exact) mass is 345 g/mol. The average Bonchev–Trinajstić information content (AvgIpc) is 2.77. The number of halogens is 1. The molecule has 0 amide bonds. The zero-order valence-electron chi connectivity index (χ0n) is 11.1. The van der Waals surface area contributed by atoms with Gasteiger partial charge in [0.25, 0.3) is 0 Å². The quantitative estimate of drug-likeness (QED) is 0.768. The van der Waals surface area contributed by atoms with Crippen LogP contribution in [-0.4, -0.2) is 49.8 Å². The van der Waals surface area contributed by atoms with Gasteiger partial charge in [0.1, 0.15) is 0 Å². The van der Waals surface area contributed by atoms with Gasteiger partial charge < -0.3 is 4.90 Å². The Hall–Kier alpha value is -0.390. The minimum Gasteiger partial charge on any atom is -0.302 e. The van der Waals surface area contributed by atoms with E-state index in [0.29, 0.717) is 17.4 Å². The number of sulfone groups is 1. The molecule has 2 atom stereocenters. The van der Waals surface area contributed by atoms with Crippen LogP contribution in [0, 0.1) is 0 Å². The molecule has 1 aliphatic rings. The van der Waals surface area contributed by atoms with Gasteiger partial charge in [0, 0.05) is 23.8 Å². The number of nitrogens with zero attached hydrogens (tertiary/aromatic N) is 1. The Kier molecular flexibility index (Phi) is 5.03. The Balaban J connectivity index is 1.99. The molecule has 5 heteroatoms. The number of benzene rings is 1. The molecule has 2 unspecified atom stereocenters. The van der Waals surface area contributed by atoms with Crippen LogP contribution >= 0.6 is 15.9 Å². The zero-order chi connectivity index (χ0) is 13.9. The maximum Gasteiger partial charge on any atom is 0.151 e. The van der Waals surface area contributed by atoms with E-state index in [1.165, 1.54) is 5.56 Å². The van der Waals surface area contributed by atoms with E-state index in [4.69, 9.17) is 0 Å². The zero-order valence-corrected chi connectivity index (χ0v) is 13.5. The van der Waals surface area contributed by atoms with Crippen LogP contribution in [0.3, 0.4) is 0 Å². The molecule has 0 aromatic heterocycles. The largest absolute Gasteiger partial charge is 0.302 e. The number of likely N-dealkylation sites (N-methyl/N-ethyl adjacent to an activating group) is 1. The Morgan fingerprint density at radius 3 is 2.58 bits per heavy atom. The number of rotatable bonds is 5. The molecule has 1 aliphatic heterocycles. The molecule has 0 aliphatic carbocycles. The summed E-state index contributed by atoms with van der Waals surface area (Å²) < 4.78 is 23.1. The first kappa shape index (κ1) is 15.0. The van der Waals surface area contributed by atoms with Crippen molar-refractivity contribution in [3.05, 3.63) is 35.9 Å². The lowest BCUT2D eigenvalue weighted by molar-refractivity contribution is 0.251. The Morgan fingerprint density at radius 1 is 1.37 bits per heavy atom. The second kappa shape index (κ2) is 6.37. The van der Waals surface area contributed by atoms with Gasteiger partial charge in [-0.15, -0.1) is 0 Å². The van der Waals surface area contributed by atoms with Crippen LogP contribution in [0.15, 0.2) is 30.3 Å². The Labute approximate surface area is 124 Å². The van der Waals surface area contributed by atoms with Gasteiger partial charge in [-0.3, -0.25) is 0 Å². The molecule has 1 fully saturated rings. The van der Waals surface area contributed by atoms with Gasteiger partial charge in [0.2, 0.25) is 0 Å². The summed E-state index contributed by atoms with van der Waals surface area (Å²) in [6.45, 7) is 0.884. The molecular formula is C14H20BrNO2S. The minimum atomic E-state index is -2.80.